The Bertz CT molecular complexity index is 680. The van der Waals surface area contributed by atoms with Gasteiger partial charge in [-0.3, -0.25) is 9.78 Å². The van der Waals surface area contributed by atoms with Crippen LogP contribution in [0.3, 0.4) is 0 Å². The van der Waals surface area contributed by atoms with Gasteiger partial charge < -0.3 is 4.98 Å². The lowest BCUT2D eigenvalue weighted by molar-refractivity contribution is -0.360. The summed E-state index contributed by atoms with van der Waals surface area (Å²) in [6.07, 6.45) is -12.9. The molecule has 4 nitrogen and oxygen atoms in total. The van der Waals surface area contributed by atoms with Crippen molar-refractivity contribution in [3.8, 4) is 0 Å². The molecule has 0 saturated carbocycles. The van der Waals surface area contributed by atoms with Crippen molar-refractivity contribution in [2.45, 2.75) is 24.2 Å². The average molecular weight is 348 g/mol. The first kappa shape index (κ1) is 18.0. The summed E-state index contributed by atoms with van der Waals surface area (Å²) < 4.78 is 125. The van der Waals surface area contributed by atoms with E-state index in [2.05, 4.69) is 0 Å². The molecule has 0 atom stereocenters. The Hall–Kier alpha value is -2.02. The van der Waals surface area contributed by atoms with Gasteiger partial charge in [-0.05, 0) is 0 Å². The Labute approximate surface area is 111 Å². The van der Waals surface area contributed by atoms with Crippen LogP contribution < -0.4 is 11.2 Å². The molecule has 1 rings (SSSR count). The lowest BCUT2D eigenvalue weighted by Gasteiger charge is -2.28. The van der Waals surface area contributed by atoms with Crippen LogP contribution in [-0.2, 0) is 12.1 Å². The second kappa shape index (κ2) is 4.74. The second-order valence-electron chi connectivity index (χ2n) is 3.80. The van der Waals surface area contributed by atoms with Gasteiger partial charge in [0.25, 0.3) is 5.56 Å². The van der Waals surface area contributed by atoms with Gasteiger partial charge in [0.2, 0.25) is 0 Å². The Morgan fingerprint density at radius 3 is 1.55 bits per heavy atom. The third kappa shape index (κ3) is 2.68. The lowest BCUT2D eigenvalue weighted by Crippen LogP contribution is -2.53. The number of aromatic amines is 2. The summed E-state index contributed by atoms with van der Waals surface area (Å²) in [5.74, 6) is -13.6. The summed E-state index contributed by atoms with van der Waals surface area (Å²) in [4.78, 5) is 22.9. The van der Waals surface area contributed by atoms with Gasteiger partial charge in [0.05, 0.1) is 0 Å². The number of nitrogens with one attached hydrogen (secondary N) is 2. The van der Waals surface area contributed by atoms with E-state index in [1.807, 2.05) is 0 Å². The van der Waals surface area contributed by atoms with Crippen LogP contribution in [0.4, 0.5) is 43.9 Å². The average Bonchev–Trinajstić information content (AvgIpc) is 2.24. The second-order valence-corrected chi connectivity index (χ2v) is 3.80. The Kier molecular flexibility index (Phi) is 3.88. The molecule has 1 aromatic heterocycles. The molecule has 0 radical (unpaired) electrons. The summed E-state index contributed by atoms with van der Waals surface area (Å²) in [6.45, 7) is 0. The molecule has 0 amide bonds. The highest BCUT2D eigenvalue weighted by atomic mass is 19.4. The van der Waals surface area contributed by atoms with Crippen molar-refractivity contribution in [2.75, 3.05) is 0 Å². The molecule has 0 aliphatic carbocycles. The first-order chi connectivity index (χ1) is 9.53. The number of alkyl halides is 10. The fraction of sp³-hybridized carbons (Fsp3) is 0.500. The van der Waals surface area contributed by atoms with Crippen LogP contribution in [0.25, 0.3) is 0 Å². The minimum absolute atomic E-state index is 0.570. The maximum Gasteiger partial charge on any atom is 0.460 e. The zero-order chi connectivity index (χ0) is 17.7. The number of aromatic nitrogens is 2. The van der Waals surface area contributed by atoms with E-state index in [1.54, 1.807) is 0 Å². The normalized spacial score (nSPS) is 14.3. The van der Waals surface area contributed by atoms with Crippen molar-refractivity contribution in [3.63, 3.8) is 0 Å². The standard InChI is InChI=1S/C8H2F10N2O2/c9-5(10,7(14,15)8(16,17)18)1-2(6(11,12)13)19-4(22)20-3(1)21/h(H2,19,20,21,22). The molecule has 1 heterocycles. The van der Waals surface area contributed by atoms with Crippen LogP contribution in [0.5, 0.6) is 0 Å². The van der Waals surface area contributed by atoms with Crippen molar-refractivity contribution in [1.29, 1.82) is 0 Å². The molecule has 126 valence electrons. The van der Waals surface area contributed by atoms with Gasteiger partial charge in [-0.2, -0.15) is 43.9 Å². The van der Waals surface area contributed by atoms with Crippen molar-refractivity contribution < 1.29 is 43.9 Å². The summed E-state index contributed by atoms with van der Waals surface area (Å²) in [7, 11) is 0. The molecule has 1 aromatic rings. The van der Waals surface area contributed by atoms with Crippen molar-refractivity contribution in [1.82, 2.24) is 9.97 Å². The maximum absolute atomic E-state index is 13.3. The fourth-order valence-corrected chi connectivity index (χ4v) is 1.33. The van der Waals surface area contributed by atoms with Gasteiger partial charge >= 0.3 is 29.9 Å². The molecule has 0 spiro atoms. The van der Waals surface area contributed by atoms with Crippen molar-refractivity contribution in [3.05, 3.63) is 32.1 Å². The molecular weight excluding hydrogens is 346 g/mol. The summed E-state index contributed by atoms with van der Waals surface area (Å²) in [5.41, 5.74) is -11.0. The maximum atomic E-state index is 13.3. The van der Waals surface area contributed by atoms with Crippen LogP contribution in [-0.4, -0.2) is 22.1 Å². The first-order valence-electron chi connectivity index (χ1n) is 4.80. The Morgan fingerprint density at radius 2 is 1.18 bits per heavy atom. The molecule has 14 heteroatoms. The van der Waals surface area contributed by atoms with Gasteiger partial charge in [-0.1, -0.05) is 0 Å². The van der Waals surface area contributed by atoms with E-state index in [0.29, 0.717) is 4.98 Å². The van der Waals surface area contributed by atoms with Crippen LogP contribution in [0.2, 0.25) is 0 Å². The van der Waals surface area contributed by atoms with Crippen molar-refractivity contribution >= 4 is 0 Å². The van der Waals surface area contributed by atoms with E-state index in [1.165, 1.54) is 0 Å². The molecule has 0 aliphatic heterocycles. The van der Waals surface area contributed by atoms with Crippen LogP contribution in [0.15, 0.2) is 9.59 Å². The first-order valence-corrected chi connectivity index (χ1v) is 4.80. The topological polar surface area (TPSA) is 65.7 Å². The van der Waals surface area contributed by atoms with E-state index < -0.39 is 46.7 Å². The monoisotopic (exact) mass is 348 g/mol. The Morgan fingerprint density at radius 1 is 0.727 bits per heavy atom. The van der Waals surface area contributed by atoms with Gasteiger partial charge in [-0.15, -0.1) is 0 Å². The van der Waals surface area contributed by atoms with Crippen LogP contribution in [0, 0.1) is 0 Å². The number of rotatable bonds is 2. The van der Waals surface area contributed by atoms with E-state index in [-0.39, 0.29) is 0 Å². The highest BCUT2D eigenvalue weighted by Crippen LogP contribution is 2.52. The molecule has 0 fully saturated rings. The van der Waals surface area contributed by atoms with E-state index in [4.69, 9.17) is 0 Å². The molecule has 0 bridgehead atoms. The van der Waals surface area contributed by atoms with Gasteiger partial charge in [0.15, 0.2) is 0 Å². The zero-order valence-corrected chi connectivity index (χ0v) is 9.60. The molecule has 0 saturated heterocycles. The van der Waals surface area contributed by atoms with Gasteiger partial charge in [0, 0.05) is 0 Å². The minimum Gasteiger partial charge on any atom is -0.303 e. The predicted molar refractivity (Wildman–Crippen MR) is 47.6 cm³/mol. The zero-order valence-electron chi connectivity index (χ0n) is 9.60. The Balaban J connectivity index is 3.84. The molecule has 22 heavy (non-hydrogen) atoms. The largest absolute Gasteiger partial charge is 0.460 e. The predicted octanol–water partition coefficient (Wildman–Crippen LogP) is 2.37. The summed E-state index contributed by atoms with van der Waals surface area (Å²) in [6, 6.07) is 0. The number of hydrogen-bond donors (Lipinski definition) is 2. The highest BCUT2D eigenvalue weighted by Gasteiger charge is 2.75. The van der Waals surface area contributed by atoms with Gasteiger partial charge in [-0.25, -0.2) is 4.79 Å². The fourth-order valence-electron chi connectivity index (χ4n) is 1.33. The van der Waals surface area contributed by atoms with E-state index in [0.717, 1.165) is 4.98 Å². The third-order valence-electron chi connectivity index (χ3n) is 2.29. The SMILES string of the molecule is O=c1[nH]c(C(F)(F)F)c(C(F)(F)C(F)(F)C(F)(F)F)c(=O)[nH]1. The van der Waals surface area contributed by atoms with E-state index >= 15 is 0 Å². The van der Waals surface area contributed by atoms with Crippen LogP contribution in [0.1, 0.15) is 11.3 Å². The number of H-pyrrole nitrogens is 2. The molecule has 0 aromatic carbocycles. The van der Waals surface area contributed by atoms with Crippen molar-refractivity contribution in [2.24, 2.45) is 0 Å². The molecule has 2 N–H and O–H groups in total. The summed E-state index contributed by atoms with van der Waals surface area (Å²) in [5, 5.41) is 0. The quantitative estimate of drug-likeness (QED) is 0.806. The lowest BCUT2D eigenvalue weighted by atomic mass is 10.0. The smallest absolute Gasteiger partial charge is 0.303 e. The van der Waals surface area contributed by atoms with E-state index in [9.17, 15) is 53.5 Å². The van der Waals surface area contributed by atoms with Crippen LogP contribution >= 0.6 is 0 Å². The third-order valence-corrected chi connectivity index (χ3v) is 2.29. The molecular formula is C8H2F10N2O2. The summed E-state index contributed by atoms with van der Waals surface area (Å²) >= 11 is 0. The number of hydrogen-bond acceptors (Lipinski definition) is 2. The molecule has 0 aliphatic rings. The number of halogens is 10. The highest BCUT2D eigenvalue weighted by molar-refractivity contribution is 5.27. The molecule has 0 unspecified atom stereocenters. The minimum atomic E-state index is -6.99. The van der Waals surface area contributed by atoms with Gasteiger partial charge in [0.1, 0.15) is 11.3 Å².